The van der Waals surface area contributed by atoms with Gasteiger partial charge in [-0.05, 0) is 73.2 Å². The number of benzene rings is 2. The summed E-state index contributed by atoms with van der Waals surface area (Å²) in [5.41, 5.74) is -2.19. The second kappa shape index (κ2) is 12.1. The number of rotatable bonds is 8. The fourth-order valence-corrected chi connectivity index (χ4v) is 6.11. The van der Waals surface area contributed by atoms with E-state index >= 15 is 0 Å². The van der Waals surface area contributed by atoms with Crippen LogP contribution in [0.4, 0.5) is 30.7 Å². The summed E-state index contributed by atoms with van der Waals surface area (Å²) in [6.45, 7) is 1.26. The Labute approximate surface area is 244 Å². The maximum atomic E-state index is 14.1. The van der Waals surface area contributed by atoms with Crippen LogP contribution in [0.25, 0.3) is 0 Å². The SMILES string of the molecule is Cc1cc(F)ccc1[C@@H]1CN(C(=O)CCS(C)(=O)=O)CC[C@H]1C(=O)N(Cc1cc(C(F)(F)F)cc(C(F)(F)F)c1)C1CC1. The van der Waals surface area contributed by atoms with Gasteiger partial charge in [-0.3, -0.25) is 9.59 Å². The Morgan fingerprint density at radius 3 is 2.07 bits per heavy atom. The molecule has 236 valence electrons. The molecular weight excluding hydrogens is 605 g/mol. The number of piperidine rings is 1. The van der Waals surface area contributed by atoms with E-state index in [4.69, 9.17) is 0 Å². The number of carbonyl (C=O) groups excluding carboxylic acids is 2. The second-order valence-electron chi connectivity index (χ2n) is 11.3. The molecule has 2 aromatic carbocycles. The minimum absolute atomic E-state index is 0.00572. The molecule has 0 aromatic heterocycles. The number of likely N-dealkylation sites (tertiary alicyclic amines) is 1. The van der Waals surface area contributed by atoms with Crippen molar-refractivity contribution in [3.63, 3.8) is 0 Å². The number of sulfone groups is 1. The molecule has 2 fully saturated rings. The van der Waals surface area contributed by atoms with Crippen LogP contribution in [0, 0.1) is 18.7 Å². The highest BCUT2D eigenvalue weighted by Crippen LogP contribution is 2.41. The van der Waals surface area contributed by atoms with E-state index in [1.807, 2.05) is 0 Å². The number of carbonyl (C=O) groups is 2. The summed E-state index contributed by atoms with van der Waals surface area (Å²) in [6.07, 6.45) is -8.16. The molecule has 1 heterocycles. The lowest BCUT2D eigenvalue weighted by molar-refractivity contribution is -0.143. The van der Waals surface area contributed by atoms with Crippen molar-refractivity contribution in [1.29, 1.82) is 0 Å². The molecule has 1 aliphatic heterocycles. The zero-order valence-corrected chi connectivity index (χ0v) is 24.3. The normalized spacial score (nSPS) is 19.8. The molecule has 14 heteroatoms. The van der Waals surface area contributed by atoms with Crippen LogP contribution < -0.4 is 0 Å². The van der Waals surface area contributed by atoms with Crippen LogP contribution >= 0.6 is 0 Å². The largest absolute Gasteiger partial charge is 0.416 e. The molecule has 0 spiro atoms. The van der Waals surface area contributed by atoms with Crippen molar-refractivity contribution in [2.75, 3.05) is 25.1 Å². The van der Waals surface area contributed by atoms with E-state index in [9.17, 15) is 48.7 Å². The minimum Gasteiger partial charge on any atom is -0.342 e. The first-order valence-electron chi connectivity index (χ1n) is 13.6. The van der Waals surface area contributed by atoms with Crippen molar-refractivity contribution in [3.05, 3.63) is 70.0 Å². The van der Waals surface area contributed by atoms with Crippen molar-refractivity contribution < 1.29 is 48.7 Å². The van der Waals surface area contributed by atoms with Gasteiger partial charge in [0.05, 0.1) is 16.9 Å². The third-order valence-corrected chi connectivity index (χ3v) is 8.82. The van der Waals surface area contributed by atoms with E-state index in [2.05, 4.69) is 0 Å². The molecule has 2 aliphatic rings. The zero-order chi connectivity index (χ0) is 31.9. The number of amides is 2. The van der Waals surface area contributed by atoms with Crippen LogP contribution in [0.3, 0.4) is 0 Å². The van der Waals surface area contributed by atoms with Crippen LogP contribution in [-0.4, -0.2) is 61.2 Å². The third-order valence-electron chi connectivity index (χ3n) is 7.87. The van der Waals surface area contributed by atoms with Gasteiger partial charge < -0.3 is 9.80 Å². The van der Waals surface area contributed by atoms with Crippen molar-refractivity contribution in [2.24, 2.45) is 5.92 Å². The van der Waals surface area contributed by atoms with Crippen LogP contribution in [0.5, 0.6) is 0 Å². The number of aryl methyl sites for hydroxylation is 1. The Bertz CT molecular complexity index is 1450. The highest BCUT2D eigenvalue weighted by atomic mass is 32.2. The Hall–Kier alpha value is -3.16. The molecule has 1 saturated heterocycles. The molecule has 0 N–H and O–H groups in total. The van der Waals surface area contributed by atoms with Crippen molar-refractivity contribution in [1.82, 2.24) is 9.80 Å². The standard InChI is InChI=1S/C29H31F7N2O4S/c1-17-11-21(30)3-6-23(17)25-16-37(26(39)8-10-43(2,41)42)9-7-24(25)27(40)38(22-4-5-22)15-18-12-19(28(31,32)33)14-20(13-18)29(34,35)36/h3,6,11-14,22,24-25H,4-5,7-10,15-16H2,1-2H3/t24-,25+/m1/s1. The van der Waals surface area contributed by atoms with Gasteiger partial charge in [0.2, 0.25) is 11.8 Å². The average molecular weight is 637 g/mol. The summed E-state index contributed by atoms with van der Waals surface area (Å²) < 4.78 is 118. The lowest BCUT2D eigenvalue weighted by Crippen LogP contribution is -2.49. The number of halogens is 7. The van der Waals surface area contributed by atoms with E-state index in [-0.39, 0.29) is 49.4 Å². The highest BCUT2D eigenvalue weighted by Gasteiger charge is 2.43. The van der Waals surface area contributed by atoms with E-state index in [1.54, 1.807) is 6.92 Å². The van der Waals surface area contributed by atoms with Crippen molar-refractivity contribution in [2.45, 2.75) is 63.5 Å². The van der Waals surface area contributed by atoms with Gasteiger partial charge in [0.1, 0.15) is 15.7 Å². The van der Waals surface area contributed by atoms with Crippen LogP contribution in [-0.2, 0) is 38.3 Å². The van der Waals surface area contributed by atoms with E-state index in [0.29, 0.717) is 36.1 Å². The quantitative estimate of drug-likeness (QED) is 0.347. The summed E-state index contributed by atoms with van der Waals surface area (Å²) in [7, 11) is -3.42. The van der Waals surface area contributed by atoms with Gasteiger partial charge in [0.15, 0.2) is 0 Å². The van der Waals surface area contributed by atoms with E-state index in [0.717, 1.165) is 6.26 Å². The van der Waals surface area contributed by atoms with E-state index < -0.39 is 69.3 Å². The smallest absolute Gasteiger partial charge is 0.342 e. The molecule has 43 heavy (non-hydrogen) atoms. The summed E-state index contributed by atoms with van der Waals surface area (Å²) >= 11 is 0. The molecule has 0 bridgehead atoms. The number of hydrogen-bond donors (Lipinski definition) is 0. The highest BCUT2D eigenvalue weighted by molar-refractivity contribution is 7.90. The topological polar surface area (TPSA) is 74.8 Å². The molecular formula is C29H31F7N2O4S. The second-order valence-corrected chi connectivity index (χ2v) is 13.6. The Morgan fingerprint density at radius 2 is 1.56 bits per heavy atom. The van der Waals surface area contributed by atoms with Crippen LogP contribution in [0.15, 0.2) is 36.4 Å². The zero-order valence-electron chi connectivity index (χ0n) is 23.4. The molecule has 2 aromatic rings. The van der Waals surface area contributed by atoms with Gasteiger partial charge in [-0.2, -0.15) is 26.3 Å². The Kier molecular flexibility index (Phi) is 9.20. The van der Waals surface area contributed by atoms with Gasteiger partial charge in [0.25, 0.3) is 0 Å². The molecule has 1 saturated carbocycles. The summed E-state index contributed by atoms with van der Waals surface area (Å²) in [5, 5.41) is 0. The first-order valence-corrected chi connectivity index (χ1v) is 15.7. The third kappa shape index (κ3) is 8.27. The van der Waals surface area contributed by atoms with Crippen LogP contribution in [0.1, 0.15) is 59.4 Å². The molecule has 2 amide bonds. The van der Waals surface area contributed by atoms with Gasteiger partial charge in [-0.1, -0.05) is 6.07 Å². The van der Waals surface area contributed by atoms with Crippen molar-refractivity contribution >= 4 is 21.7 Å². The minimum atomic E-state index is -5.04. The van der Waals surface area contributed by atoms with E-state index in [1.165, 1.54) is 28.0 Å². The Morgan fingerprint density at radius 1 is 0.953 bits per heavy atom. The molecule has 6 nitrogen and oxygen atoms in total. The van der Waals surface area contributed by atoms with Gasteiger partial charge in [-0.25, -0.2) is 12.8 Å². The monoisotopic (exact) mass is 636 g/mol. The Balaban J connectivity index is 1.66. The lowest BCUT2D eigenvalue weighted by atomic mass is 9.78. The summed E-state index contributed by atoms with van der Waals surface area (Å²) in [6, 6.07) is 4.85. The van der Waals surface area contributed by atoms with Crippen molar-refractivity contribution in [3.8, 4) is 0 Å². The predicted molar refractivity (Wildman–Crippen MR) is 143 cm³/mol. The predicted octanol–water partition coefficient (Wildman–Crippen LogP) is 5.73. The van der Waals surface area contributed by atoms with Gasteiger partial charge in [-0.15, -0.1) is 0 Å². The van der Waals surface area contributed by atoms with Gasteiger partial charge in [0, 0.05) is 50.2 Å². The van der Waals surface area contributed by atoms with Gasteiger partial charge >= 0.3 is 12.4 Å². The molecule has 0 unspecified atom stereocenters. The fourth-order valence-electron chi connectivity index (χ4n) is 5.57. The first-order chi connectivity index (χ1) is 19.8. The molecule has 1 aliphatic carbocycles. The fraction of sp³-hybridized carbons (Fsp3) is 0.517. The molecule has 4 rings (SSSR count). The summed E-state index contributed by atoms with van der Waals surface area (Å²) in [5.74, 6) is -3.29. The number of hydrogen-bond acceptors (Lipinski definition) is 4. The molecule has 0 radical (unpaired) electrons. The maximum Gasteiger partial charge on any atom is 0.416 e. The first kappa shape index (κ1) is 32.7. The number of nitrogens with zero attached hydrogens (tertiary/aromatic N) is 2. The summed E-state index contributed by atoms with van der Waals surface area (Å²) in [4.78, 5) is 29.7. The number of alkyl halides is 6. The maximum absolute atomic E-state index is 14.1. The average Bonchev–Trinajstić information content (AvgIpc) is 3.73. The lowest BCUT2D eigenvalue weighted by Gasteiger charge is -2.41. The van der Waals surface area contributed by atoms with Crippen LogP contribution in [0.2, 0.25) is 0 Å². The molecule has 2 atom stereocenters.